The molecule has 6 nitrogen and oxygen atoms in total. The molecule has 7 heteroatoms. The minimum atomic E-state index is -0.179. The Morgan fingerprint density at radius 3 is 2.96 bits per heavy atom. The quantitative estimate of drug-likeness (QED) is 0.804. The standard InChI is InChI=1S/C16H17ClN4O2/c17-14-5-1-3-12(9-14)16(23)13-4-2-7-20(10-13)15(22)11-21-8-6-18-19-21/h1,3,5-6,8-9,13H,2,4,7,10-11H2. The molecule has 1 unspecified atom stereocenters. The van der Waals surface area contributed by atoms with Gasteiger partial charge in [-0.05, 0) is 25.0 Å². The zero-order valence-electron chi connectivity index (χ0n) is 12.6. The summed E-state index contributed by atoms with van der Waals surface area (Å²) in [7, 11) is 0. The Kier molecular flexibility index (Phi) is 4.71. The van der Waals surface area contributed by atoms with Crippen LogP contribution in [0.1, 0.15) is 23.2 Å². The van der Waals surface area contributed by atoms with Crippen LogP contribution in [0.2, 0.25) is 5.02 Å². The van der Waals surface area contributed by atoms with Crippen LogP contribution in [0, 0.1) is 5.92 Å². The van der Waals surface area contributed by atoms with Crippen molar-refractivity contribution in [3.8, 4) is 0 Å². The number of hydrogen-bond donors (Lipinski definition) is 0. The molecule has 1 atom stereocenters. The first-order chi connectivity index (χ1) is 11.1. The Bertz CT molecular complexity index is 702. The number of benzene rings is 1. The van der Waals surface area contributed by atoms with Gasteiger partial charge >= 0.3 is 0 Å². The first-order valence-corrected chi connectivity index (χ1v) is 7.93. The molecule has 0 bridgehead atoms. The van der Waals surface area contributed by atoms with Gasteiger partial charge in [0, 0.05) is 35.8 Å². The monoisotopic (exact) mass is 332 g/mol. The Labute approximate surface area is 139 Å². The number of likely N-dealkylation sites (tertiary alicyclic amines) is 1. The summed E-state index contributed by atoms with van der Waals surface area (Å²) in [6.07, 6.45) is 4.80. The molecule has 2 aromatic rings. The highest BCUT2D eigenvalue weighted by molar-refractivity contribution is 6.31. The zero-order valence-corrected chi connectivity index (χ0v) is 13.3. The van der Waals surface area contributed by atoms with Crippen molar-refractivity contribution in [2.75, 3.05) is 13.1 Å². The highest BCUT2D eigenvalue weighted by Crippen LogP contribution is 2.22. The maximum Gasteiger partial charge on any atom is 0.244 e. The van der Waals surface area contributed by atoms with Gasteiger partial charge in [0.05, 0.1) is 6.20 Å². The van der Waals surface area contributed by atoms with Crippen LogP contribution in [0.3, 0.4) is 0 Å². The second-order valence-electron chi connectivity index (χ2n) is 5.65. The third kappa shape index (κ3) is 3.76. The molecular weight excluding hydrogens is 316 g/mol. The summed E-state index contributed by atoms with van der Waals surface area (Å²) in [5.74, 6) is -0.174. The molecule has 0 N–H and O–H groups in total. The lowest BCUT2D eigenvalue weighted by molar-refractivity contribution is -0.133. The van der Waals surface area contributed by atoms with Crippen molar-refractivity contribution in [3.63, 3.8) is 0 Å². The molecule has 0 spiro atoms. The van der Waals surface area contributed by atoms with Crippen molar-refractivity contribution in [1.82, 2.24) is 19.9 Å². The van der Waals surface area contributed by atoms with Crippen molar-refractivity contribution >= 4 is 23.3 Å². The van der Waals surface area contributed by atoms with Crippen LogP contribution in [-0.2, 0) is 11.3 Å². The fourth-order valence-electron chi connectivity index (χ4n) is 2.85. The van der Waals surface area contributed by atoms with Crippen molar-refractivity contribution in [3.05, 3.63) is 47.2 Å². The number of nitrogens with zero attached hydrogens (tertiary/aromatic N) is 4. The zero-order chi connectivity index (χ0) is 16.2. The van der Waals surface area contributed by atoms with Crippen LogP contribution in [0.25, 0.3) is 0 Å². The fraction of sp³-hybridized carbons (Fsp3) is 0.375. The third-order valence-corrected chi connectivity index (χ3v) is 4.26. The van der Waals surface area contributed by atoms with Crippen LogP contribution in [-0.4, -0.2) is 44.7 Å². The molecule has 1 amide bonds. The Morgan fingerprint density at radius 1 is 1.35 bits per heavy atom. The normalized spacial score (nSPS) is 18.0. The Balaban J connectivity index is 1.65. The summed E-state index contributed by atoms with van der Waals surface area (Å²) in [5.41, 5.74) is 0.605. The van der Waals surface area contributed by atoms with Crippen LogP contribution >= 0.6 is 11.6 Å². The number of piperidine rings is 1. The molecule has 1 aliphatic rings. The first-order valence-electron chi connectivity index (χ1n) is 7.55. The number of hydrogen-bond acceptors (Lipinski definition) is 4. The summed E-state index contributed by atoms with van der Waals surface area (Å²) in [5, 5.41) is 8.03. The van der Waals surface area contributed by atoms with E-state index >= 15 is 0 Å². The van der Waals surface area contributed by atoms with E-state index in [-0.39, 0.29) is 24.2 Å². The lowest BCUT2D eigenvalue weighted by Gasteiger charge is -2.32. The van der Waals surface area contributed by atoms with Gasteiger partial charge in [-0.3, -0.25) is 9.59 Å². The molecule has 2 heterocycles. The molecule has 0 saturated carbocycles. The molecule has 1 aromatic carbocycles. The van der Waals surface area contributed by atoms with Crippen LogP contribution < -0.4 is 0 Å². The van der Waals surface area contributed by atoms with Gasteiger partial charge in [0.25, 0.3) is 0 Å². The van der Waals surface area contributed by atoms with Gasteiger partial charge in [-0.25, -0.2) is 4.68 Å². The number of rotatable bonds is 4. The average Bonchev–Trinajstić information content (AvgIpc) is 3.07. The molecule has 1 fully saturated rings. The number of carbonyl (C=O) groups is 2. The number of carbonyl (C=O) groups excluding carboxylic acids is 2. The summed E-state index contributed by atoms with van der Waals surface area (Å²) in [6.45, 7) is 1.27. The molecule has 1 aromatic heterocycles. The van der Waals surface area contributed by atoms with E-state index in [1.165, 1.54) is 10.9 Å². The summed E-state index contributed by atoms with van der Waals surface area (Å²) >= 11 is 5.95. The molecule has 120 valence electrons. The van der Waals surface area contributed by atoms with Gasteiger partial charge in [-0.2, -0.15) is 0 Å². The lowest BCUT2D eigenvalue weighted by Crippen LogP contribution is -2.43. The molecule has 0 aliphatic carbocycles. The average molecular weight is 333 g/mol. The van der Waals surface area contributed by atoms with Crippen LogP contribution in [0.5, 0.6) is 0 Å². The van der Waals surface area contributed by atoms with Gasteiger partial charge in [0.15, 0.2) is 5.78 Å². The molecule has 0 radical (unpaired) electrons. The summed E-state index contributed by atoms with van der Waals surface area (Å²) in [6, 6.07) is 6.96. The van der Waals surface area contributed by atoms with Gasteiger partial charge < -0.3 is 4.90 Å². The fourth-order valence-corrected chi connectivity index (χ4v) is 3.04. The number of Topliss-reactive ketones (excluding diaryl/α,β-unsaturated/α-hetero) is 1. The maximum atomic E-state index is 12.6. The predicted molar refractivity (Wildman–Crippen MR) is 85.1 cm³/mol. The smallest absolute Gasteiger partial charge is 0.244 e. The van der Waals surface area contributed by atoms with Crippen LogP contribution in [0.4, 0.5) is 0 Å². The van der Waals surface area contributed by atoms with E-state index in [1.54, 1.807) is 35.4 Å². The number of ketones is 1. The summed E-state index contributed by atoms with van der Waals surface area (Å²) < 4.78 is 1.49. The second kappa shape index (κ2) is 6.91. The van der Waals surface area contributed by atoms with Crippen molar-refractivity contribution in [1.29, 1.82) is 0 Å². The molecular formula is C16H17ClN4O2. The van der Waals surface area contributed by atoms with Gasteiger partial charge in [-0.15, -0.1) is 5.10 Å². The Morgan fingerprint density at radius 2 is 2.22 bits per heavy atom. The minimum absolute atomic E-state index is 0.0425. The molecule has 23 heavy (non-hydrogen) atoms. The molecule has 1 saturated heterocycles. The van der Waals surface area contributed by atoms with E-state index < -0.39 is 0 Å². The number of halogens is 1. The van der Waals surface area contributed by atoms with Crippen molar-refractivity contribution in [2.24, 2.45) is 5.92 Å². The highest BCUT2D eigenvalue weighted by Gasteiger charge is 2.29. The topological polar surface area (TPSA) is 68.1 Å². The van der Waals surface area contributed by atoms with E-state index in [1.807, 2.05) is 0 Å². The predicted octanol–water partition coefficient (Wildman–Crippen LogP) is 2.05. The van der Waals surface area contributed by atoms with Gasteiger partial charge in [0.2, 0.25) is 5.91 Å². The Hall–Kier alpha value is -2.21. The lowest BCUT2D eigenvalue weighted by atomic mass is 9.90. The van der Waals surface area contributed by atoms with E-state index in [0.29, 0.717) is 23.7 Å². The van der Waals surface area contributed by atoms with Crippen molar-refractivity contribution in [2.45, 2.75) is 19.4 Å². The van der Waals surface area contributed by atoms with Gasteiger partial charge in [-0.1, -0.05) is 28.9 Å². The SMILES string of the molecule is O=C(c1cccc(Cl)c1)C1CCCN(C(=O)Cn2ccnn2)C1. The van der Waals surface area contributed by atoms with Gasteiger partial charge in [0.1, 0.15) is 6.54 Å². The number of aromatic nitrogens is 3. The van der Waals surface area contributed by atoms with E-state index in [2.05, 4.69) is 10.3 Å². The second-order valence-corrected chi connectivity index (χ2v) is 6.09. The highest BCUT2D eigenvalue weighted by atomic mass is 35.5. The van der Waals surface area contributed by atoms with Crippen LogP contribution in [0.15, 0.2) is 36.7 Å². The van der Waals surface area contributed by atoms with Crippen molar-refractivity contribution < 1.29 is 9.59 Å². The maximum absolute atomic E-state index is 12.6. The third-order valence-electron chi connectivity index (χ3n) is 4.02. The first kappa shape index (κ1) is 15.7. The minimum Gasteiger partial charge on any atom is -0.340 e. The number of amides is 1. The van der Waals surface area contributed by atoms with E-state index in [4.69, 9.17) is 11.6 Å². The molecule has 3 rings (SSSR count). The summed E-state index contributed by atoms with van der Waals surface area (Å²) in [4.78, 5) is 26.7. The van der Waals surface area contributed by atoms with E-state index in [0.717, 1.165) is 12.8 Å². The molecule has 1 aliphatic heterocycles. The van der Waals surface area contributed by atoms with E-state index in [9.17, 15) is 9.59 Å². The largest absolute Gasteiger partial charge is 0.340 e.